The maximum atomic E-state index is 11.1. The molecule has 2 rings (SSSR count). The molecular formula is C13H19N3O3. The lowest BCUT2D eigenvalue weighted by Gasteiger charge is -2.37. The minimum Gasteiger partial charge on any atom is -0.399 e. The van der Waals surface area contributed by atoms with Gasteiger partial charge in [0.25, 0.3) is 5.69 Å². The SMILES string of the molecule is CO[C@H]1CN(c2cc(N)ccc2[N+](=O)[O-])CC[C@H]1C. The number of benzene rings is 1. The number of hydrogen-bond acceptors (Lipinski definition) is 5. The summed E-state index contributed by atoms with van der Waals surface area (Å²) in [5, 5.41) is 11.1. The molecule has 19 heavy (non-hydrogen) atoms. The van der Waals surface area contributed by atoms with Crippen LogP contribution in [0.3, 0.4) is 0 Å². The van der Waals surface area contributed by atoms with Crippen LogP contribution in [-0.2, 0) is 4.74 Å². The van der Waals surface area contributed by atoms with Crippen LogP contribution in [0.5, 0.6) is 0 Å². The number of anilines is 2. The Labute approximate surface area is 112 Å². The van der Waals surface area contributed by atoms with Crippen molar-refractivity contribution in [1.29, 1.82) is 0 Å². The summed E-state index contributed by atoms with van der Waals surface area (Å²) in [4.78, 5) is 12.7. The predicted molar refractivity (Wildman–Crippen MR) is 74.3 cm³/mol. The van der Waals surface area contributed by atoms with Gasteiger partial charge >= 0.3 is 0 Å². The van der Waals surface area contributed by atoms with Crippen molar-refractivity contribution in [3.63, 3.8) is 0 Å². The predicted octanol–water partition coefficient (Wildman–Crippen LogP) is 2.04. The fourth-order valence-electron chi connectivity index (χ4n) is 2.51. The van der Waals surface area contributed by atoms with Crippen molar-refractivity contribution < 1.29 is 9.66 Å². The van der Waals surface area contributed by atoms with Crippen LogP contribution in [0.25, 0.3) is 0 Å². The first kappa shape index (κ1) is 13.6. The molecule has 0 spiro atoms. The van der Waals surface area contributed by atoms with Gasteiger partial charge in [0, 0.05) is 32.0 Å². The highest BCUT2D eigenvalue weighted by Crippen LogP contribution is 2.33. The highest BCUT2D eigenvalue weighted by molar-refractivity contribution is 5.69. The fourth-order valence-corrected chi connectivity index (χ4v) is 2.51. The number of ether oxygens (including phenoxy) is 1. The van der Waals surface area contributed by atoms with Crippen LogP contribution >= 0.6 is 0 Å². The van der Waals surface area contributed by atoms with Gasteiger partial charge in [-0.3, -0.25) is 10.1 Å². The fraction of sp³-hybridized carbons (Fsp3) is 0.538. The maximum absolute atomic E-state index is 11.1. The first-order valence-electron chi connectivity index (χ1n) is 6.34. The molecule has 2 N–H and O–H groups in total. The number of nitrogens with two attached hydrogens (primary N) is 1. The van der Waals surface area contributed by atoms with E-state index in [4.69, 9.17) is 10.5 Å². The van der Waals surface area contributed by atoms with Crippen molar-refractivity contribution in [2.75, 3.05) is 30.8 Å². The number of rotatable bonds is 3. The standard InChI is InChI=1S/C13H19N3O3/c1-9-5-6-15(8-13(9)19-2)12-7-10(14)3-4-11(12)16(17)18/h3-4,7,9,13H,5-6,8,14H2,1-2H3/t9-,13+/m1/s1. The Morgan fingerprint density at radius 1 is 1.53 bits per heavy atom. The molecule has 2 atom stereocenters. The zero-order chi connectivity index (χ0) is 14.0. The van der Waals surface area contributed by atoms with E-state index in [1.807, 2.05) is 4.90 Å². The van der Waals surface area contributed by atoms with Gasteiger partial charge in [0.15, 0.2) is 0 Å². The minimum atomic E-state index is -0.366. The van der Waals surface area contributed by atoms with Crippen molar-refractivity contribution in [3.05, 3.63) is 28.3 Å². The van der Waals surface area contributed by atoms with Crippen LogP contribution in [0.1, 0.15) is 13.3 Å². The Balaban J connectivity index is 2.31. The van der Waals surface area contributed by atoms with Crippen LogP contribution in [0.4, 0.5) is 17.1 Å². The van der Waals surface area contributed by atoms with E-state index in [-0.39, 0.29) is 16.7 Å². The molecule has 0 amide bonds. The third kappa shape index (κ3) is 2.78. The Hall–Kier alpha value is -1.82. The first-order chi connectivity index (χ1) is 9.02. The summed E-state index contributed by atoms with van der Waals surface area (Å²) in [7, 11) is 1.68. The average Bonchev–Trinajstić information content (AvgIpc) is 2.38. The highest BCUT2D eigenvalue weighted by atomic mass is 16.6. The molecule has 6 nitrogen and oxygen atoms in total. The molecule has 1 fully saturated rings. The van der Waals surface area contributed by atoms with Crippen LogP contribution in [0.2, 0.25) is 0 Å². The molecule has 1 heterocycles. The van der Waals surface area contributed by atoms with E-state index in [1.54, 1.807) is 19.2 Å². The largest absolute Gasteiger partial charge is 0.399 e. The molecule has 6 heteroatoms. The van der Waals surface area contributed by atoms with Gasteiger partial charge in [-0.1, -0.05) is 6.92 Å². The molecule has 1 aliphatic heterocycles. The summed E-state index contributed by atoms with van der Waals surface area (Å²) in [6.45, 7) is 3.58. The maximum Gasteiger partial charge on any atom is 0.292 e. The van der Waals surface area contributed by atoms with Gasteiger partial charge in [-0.2, -0.15) is 0 Å². The first-order valence-corrected chi connectivity index (χ1v) is 6.34. The van der Waals surface area contributed by atoms with Crippen LogP contribution in [-0.4, -0.2) is 31.2 Å². The van der Waals surface area contributed by atoms with Gasteiger partial charge in [-0.25, -0.2) is 0 Å². The second-order valence-electron chi connectivity index (χ2n) is 4.99. The van der Waals surface area contributed by atoms with Gasteiger partial charge in [0.1, 0.15) is 5.69 Å². The second-order valence-corrected chi connectivity index (χ2v) is 4.99. The van der Waals surface area contributed by atoms with Crippen molar-refractivity contribution in [3.8, 4) is 0 Å². The molecule has 0 bridgehead atoms. The van der Waals surface area contributed by atoms with Crippen LogP contribution in [0.15, 0.2) is 18.2 Å². The van der Waals surface area contributed by atoms with Gasteiger partial charge in [0.05, 0.1) is 11.0 Å². The van der Waals surface area contributed by atoms with Crippen LogP contribution < -0.4 is 10.6 Å². The number of hydrogen-bond donors (Lipinski definition) is 1. The summed E-state index contributed by atoms with van der Waals surface area (Å²) < 4.78 is 5.44. The highest BCUT2D eigenvalue weighted by Gasteiger charge is 2.29. The number of nitro benzene ring substituents is 1. The number of nitrogens with zero attached hydrogens (tertiary/aromatic N) is 2. The third-order valence-corrected chi connectivity index (χ3v) is 3.73. The molecule has 1 saturated heterocycles. The van der Waals surface area contributed by atoms with Crippen LogP contribution in [0, 0.1) is 16.0 Å². The molecule has 1 aromatic carbocycles. The van der Waals surface area contributed by atoms with E-state index in [0.29, 0.717) is 23.8 Å². The molecule has 0 aliphatic carbocycles. The van der Waals surface area contributed by atoms with Crippen molar-refractivity contribution in [1.82, 2.24) is 0 Å². The zero-order valence-corrected chi connectivity index (χ0v) is 11.2. The Bertz CT molecular complexity index is 478. The Morgan fingerprint density at radius 3 is 2.89 bits per heavy atom. The average molecular weight is 265 g/mol. The molecular weight excluding hydrogens is 246 g/mol. The molecule has 0 aromatic heterocycles. The molecule has 1 aromatic rings. The number of nitro groups is 1. The summed E-state index contributed by atoms with van der Waals surface area (Å²) in [6, 6.07) is 4.69. The smallest absolute Gasteiger partial charge is 0.292 e. The zero-order valence-electron chi connectivity index (χ0n) is 11.2. The number of piperidine rings is 1. The normalized spacial score (nSPS) is 23.4. The van der Waals surface area contributed by atoms with Gasteiger partial charge < -0.3 is 15.4 Å². The molecule has 0 saturated carbocycles. The molecule has 0 unspecified atom stereocenters. The van der Waals surface area contributed by atoms with Crippen molar-refractivity contribution in [2.45, 2.75) is 19.4 Å². The monoisotopic (exact) mass is 265 g/mol. The lowest BCUT2D eigenvalue weighted by molar-refractivity contribution is -0.384. The third-order valence-electron chi connectivity index (χ3n) is 3.73. The van der Waals surface area contributed by atoms with Gasteiger partial charge in [0.2, 0.25) is 0 Å². The summed E-state index contributed by atoms with van der Waals surface area (Å²) >= 11 is 0. The summed E-state index contributed by atoms with van der Waals surface area (Å²) in [5.74, 6) is 0.460. The van der Waals surface area contributed by atoms with E-state index in [1.165, 1.54) is 6.07 Å². The van der Waals surface area contributed by atoms with E-state index in [0.717, 1.165) is 13.0 Å². The number of methoxy groups -OCH3 is 1. The minimum absolute atomic E-state index is 0.0924. The molecule has 104 valence electrons. The van der Waals surface area contributed by atoms with E-state index in [9.17, 15) is 10.1 Å². The molecule has 1 aliphatic rings. The van der Waals surface area contributed by atoms with Gasteiger partial charge in [-0.15, -0.1) is 0 Å². The second kappa shape index (κ2) is 5.44. The topological polar surface area (TPSA) is 81.6 Å². The number of nitrogen functional groups attached to an aromatic ring is 1. The van der Waals surface area contributed by atoms with E-state index < -0.39 is 0 Å². The van der Waals surface area contributed by atoms with E-state index in [2.05, 4.69) is 6.92 Å². The Morgan fingerprint density at radius 2 is 2.26 bits per heavy atom. The summed E-state index contributed by atoms with van der Waals surface area (Å²) in [6.07, 6.45) is 1.04. The van der Waals surface area contributed by atoms with Gasteiger partial charge in [-0.05, 0) is 24.5 Å². The van der Waals surface area contributed by atoms with E-state index >= 15 is 0 Å². The van der Waals surface area contributed by atoms with Crippen molar-refractivity contribution in [2.24, 2.45) is 5.92 Å². The Kier molecular flexibility index (Phi) is 3.90. The molecule has 0 radical (unpaired) electrons. The lowest BCUT2D eigenvalue weighted by Crippen LogP contribution is -2.44. The lowest BCUT2D eigenvalue weighted by atomic mass is 9.95. The van der Waals surface area contributed by atoms with Crippen molar-refractivity contribution >= 4 is 17.1 Å². The summed E-state index contributed by atoms with van der Waals surface area (Å²) in [5.41, 5.74) is 6.96. The quantitative estimate of drug-likeness (QED) is 0.514.